The summed E-state index contributed by atoms with van der Waals surface area (Å²) < 4.78 is 20.2. The number of carbonyl (C=O) groups is 1. The molecule has 31 heavy (non-hydrogen) atoms. The molecule has 0 aliphatic rings. The zero-order valence-corrected chi connectivity index (χ0v) is 19.3. The van der Waals surface area contributed by atoms with Crippen LogP contribution in [0.2, 0.25) is 0 Å². The molecule has 0 unspecified atom stereocenters. The SMILES string of the molecule is CCCCOc1cccc(C(=O)N(CCN(CC)CC)c2nc3ccc(F)cc3s2)c1. The lowest BCUT2D eigenvalue weighted by molar-refractivity contribution is 0.0983. The predicted octanol–water partition coefficient (Wildman–Crippen LogP) is 5.60. The van der Waals surface area contributed by atoms with Crippen molar-refractivity contribution >= 4 is 32.6 Å². The largest absolute Gasteiger partial charge is 0.494 e. The number of thiazole rings is 1. The lowest BCUT2D eigenvalue weighted by Crippen LogP contribution is -2.38. The molecule has 1 aromatic heterocycles. The van der Waals surface area contributed by atoms with E-state index in [-0.39, 0.29) is 11.7 Å². The van der Waals surface area contributed by atoms with Crippen molar-refractivity contribution in [2.45, 2.75) is 33.6 Å². The van der Waals surface area contributed by atoms with Gasteiger partial charge >= 0.3 is 0 Å². The van der Waals surface area contributed by atoms with Crippen LogP contribution in [0.3, 0.4) is 0 Å². The molecular weight excluding hydrogens is 413 g/mol. The lowest BCUT2D eigenvalue weighted by atomic mass is 10.2. The molecule has 0 fully saturated rings. The lowest BCUT2D eigenvalue weighted by Gasteiger charge is -2.25. The van der Waals surface area contributed by atoms with Gasteiger partial charge in [-0.15, -0.1) is 0 Å². The number of fused-ring (bicyclic) bond motifs is 1. The van der Waals surface area contributed by atoms with Gasteiger partial charge in [0.1, 0.15) is 11.6 Å². The molecule has 166 valence electrons. The summed E-state index contributed by atoms with van der Waals surface area (Å²) in [7, 11) is 0. The van der Waals surface area contributed by atoms with Crippen LogP contribution in [0.4, 0.5) is 9.52 Å². The monoisotopic (exact) mass is 443 g/mol. The fourth-order valence-corrected chi connectivity index (χ4v) is 4.29. The normalized spacial score (nSPS) is 11.3. The number of aromatic nitrogens is 1. The highest BCUT2D eigenvalue weighted by Crippen LogP contribution is 2.30. The van der Waals surface area contributed by atoms with E-state index in [4.69, 9.17) is 4.74 Å². The van der Waals surface area contributed by atoms with Gasteiger partial charge in [-0.3, -0.25) is 9.69 Å². The first-order valence-electron chi connectivity index (χ1n) is 10.9. The number of benzene rings is 2. The van der Waals surface area contributed by atoms with E-state index in [0.717, 1.165) is 37.2 Å². The van der Waals surface area contributed by atoms with Gasteiger partial charge < -0.3 is 9.64 Å². The Labute approximate surface area is 187 Å². The third kappa shape index (κ3) is 6.02. The first-order chi connectivity index (χ1) is 15.0. The molecule has 0 aliphatic carbocycles. The molecule has 3 rings (SSSR count). The molecule has 7 heteroatoms. The van der Waals surface area contributed by atoms with E-state index in [2.05, 4.69) is 30.7 Å². The Kier molecular flexibility index (Phi) is 8.37. The molecule has 0 radical (unpaired) electrons. The standard InChI is InChI=1S/C24H30FN3O2S/c1-4-7-15-30-20-10-8-9-18(16-20)23(29)28(14-13-27(5-2)6-3)24-26-21-12-11-19(25)17-22(21)31-24/h8-12,16-17H,4-7,13-15H2,1-3H3. The number of hydrogen-bond acceptors (Lipinski definition) is 5. The Morgan fingerprint density at radius 3 is 2.65 bits per heavy atom. The summed E-state index contributed by atoms with van der Waals surface area (Å²) in [6.45, 7) is 10.00. The van der Waals surface area contributed by atoms with Crippen LogP contribution >= 0.6 is 11.3 Å². The van der Waals surface area contributed by atoms with Crippen molar-refractivity contribution < 1.29 is 13.9 Å². The quantitative estimate of drug-likeness (QED) is 0.362. The topological polar surface area (TPSA) is 45.7 Å². The van der Waals surface area contributed by atoms with E-state index < -0.39 is 0 Å². The zero-order chi connectivity index (χ0) is 22.2. The molecular formula is C24H30FN3O2S. The Morgan fingerprint density at radius 1 is 1.10 bits per heavy atom. The minimum atomic E-state index is -0.305. The number of nitrogens with zero attached hydrogens (tertiary/aromatic N) is 3. The van der Waals surface area contributed by atoms with Crippen LogP contribution in [-0.4, -0.2) is 48.6 Å². The highest BCUT2D eigenvalue weighted by atomic mass is 32.1. The van der Waals surface area contributed by atoms with Crippen molar-refractivity contribution in [3.05, 3.63) is 53.8 Å². The first-order valence-corrected chi connectivity index (χ1v) is 11.7. The van der Waals surface area contributed by atoms with Gasteiger partial charge in [-0.25, -0.2) is 9.37 Å². The third-order valence-electron chi connectivity index (χ3n) is 5.20. The predicted molar refractivity (Wildman–Crippen MR) is 126 cm³/mol. The number of anilines is 1. The second-order valence-electron chi connectivity index (χ2n) is 7.32. The summed E-state index contributed by atoms with van der Waals surface area (Å²) in [5.41, 5.74) is 1.25. The molecule has 1 amide bonds. The zero-order valence-electron chi connectivity index (χ0n) is 18.4. The molecule has 3 aromatic rings. The van der Waals surface area contributed by atoms with Crippen molar-refractivity contribution in [2.24, 2.45) is 0 Å². The number of halogens is 1. The molecule has 0 aliphatic heterocycles. The summed E-state index contributed by atoms with van der Waals surface area (Å²) in [6.07, 6.45) is 2.02. The molecule has 0 atom stereocenters. The minimum Gasteiger partial charge on any atom is -0.494 e. The van der Waals surface area contributed by atoms with Gasteiger partial charge in [-0.1, -0.05) is 44.6 Å². The number of ether oxygens (including phenoxy) is 1. The molecule has 5 nitrogen and oxygen atoms in total. The maximum absolute atomic E-state index is 13.7. The van der Waals surface area contributed by atoms with E-state index in [0.29, 0.717) is 35.1 Å². The molecule has 0 spiro atoms. The number of unbranched alkanes of at least 4 members (excludes halogenated alkanes) is 1. The van der Waals surface area contributed by atoms with Gasteiger partial charge in [-0.2, -0.15) is 0 Å². The van der Waals surface area contributed by atoms with Gasteiger partial charge in [0.05, 0.1) is 16.8 Å². The van der Waals surface area contributed by atoms with Gasteiger partial charge in [0.25, 0.3) is 5.91 Å². The van der Waals surface area contributed by atoms with Crippen LogP contribution in [0.1, 0.15) is 44.0 Å². The molecule has 0 saturated heterocycles. The van der Waals surface area contributed by atoms with E-state index in [1.807, 2.05) is 12.1 Å². The Balaban J connectivity index is 1.89. The van der Waals surface area contributed by atoms with Crippen LogP contribution in [0.5, 0.6) is 5.75 Å². The van der Waals surface area contributed by atoms with Crippen LogP contribution < -0.4 is 9.64 Å². The van der Waals surface area contributed by atoms with Crippen LogP contribution in [0.15, 0.2) is 42.5 Å². The molecule has 0 saturated carbocycles. The fraction of sp³-hybridized carbons (Fsp3) is 0.417. The van der Waals surface area contributed by atoms with Crippen LogP contribution in [0, 0.1) is 5.82 Å². The third-order valence-corrected chi connectivity index (χ3v) is 6.24. The van der Waals surface area contributed by atoms with E-state index >= 15 is 0 Å². The highest BCUT2D eigenvalue weighted by Gasteiger charge is 2.22. The first kappa shape index (κ1) is 23.2. The molecule has 2 aromatic carbocycles. The van der Waals surface area contributed by atoms with Crippen LogP contribution in [0.25, 0.3) is 10.2 Å². The average molecular weight is 444 g/mol. The smallest absolute Gasteiger partial charge is 0.260 e. The Hall–Kier alpha value is -2.51. The number of likely N-dealkylation sites (N-methyl/N-ethyl adjacent to an activating group) is 1. The Bertz CT molecular complexity index is 1000. The summed E-state index contributed by atoms with van der Waals surface area (Å²) >= 11 is 1.33. The molecule has 0 bridgehead atoms. The molecule has 1 heterocycles. The van der Waals surface area contributed by atoms with Crippen molar-refractivity contribution in [1.29, 1.82) is 0 Å². The van der Waals surface area contributed by atoms with Gasteiger partial charge in [0.2, 0.25) is 0 Å². The van der Waals surface area contributed by atoms with Crippen molar-refractivity contribution in [2.75, 3.05) is 37.7 Å². The average Bonchev–Trinajstić information content (AvgIpc) is 3.19. The van der Waals surface area contributed by atoms with Crippen LogP contribution in [-0.2, 0) is 0 Å². The molecule has 0 N–H and O–H groups in total. The summed E-state index contributed by atoms with van der Waals surface area (Å²) in [5.74, 6) is 0.252. The maximum atomic E-state index is 13.7. The summed E-state index contributed by atoms with van der Waals surface area (Å²) in [4.78, 5) is 22.1. The van der Waals surface area contributed by atoms with Crippen molar-refractivity contribution in [3.8, 4) is 5.75 Å². The second-order valence-corrected chi connectivity index (χ2v) is 8.33. The summed E-state index contributed by atoms with van der Waals surface area (Å²) in [6, 6.07) is 11.8. The summed E-state index contributed by atoms with van der Waals surface area (Å²) in [5, 5.41) is 0.579. The Morgan fingerprint density at radius 2 is 1.90 bits per heavy atom. The van der Waals surface area contributed by atoms with E-state index in [1.54, 1.807) is 23.1 Å². The fourth-order valence-electron chi connectivity index (χ4n) is 3.28. The number of amides is 1. The van der Waals surface area contributed by atoms with Crippen molar-refractivity contribution in [1.82, 2.24) is 9.88 Å². The van der Waals surface area contributed by atoms with E-state index in [9.17, 15) is 9.18 Å². The second kappa shape index (κ2) is 11.2. The minimum absolute atomic E-state index is 0.132. The van der Waals surface area contributed by atoms with Crippen molar-refractivity contribution in [3.63, 3.8) is 0 Å². The van der Waals surface area contributed by atoms with Gasteiger partial charge in [0.15, 0.2) is 5.13 Å². The maximum Gasteiger partial charge on any atom is 0.260 e. The number of carbonyl (C=O) groups excluding carboxylic acids is 1. The number of rotatable bonds is 11. The highest BCUT2D eigenvalue weighted by molar-refractivity contribution is 7.22. The number of hydrogen-bond donors (Lipinski definition) is 0. The van der Waals surface area contributed by atoms with E-state index in [1.165, 1.54) is 23.5 Å². The van der Waals surface area contributed by atoms with Gasteiger partial charge in [-0.05, 0) is 55.9 Å². The van der Waals surface area contributed by atoms with Gasteiger partial charge in [0, 0.05) is 18.7 Å².